The zero-order valence-electron chi connectivity index (χ0n) is 11.8. The molecule has 3 fully saturated rings. The van der Waals surface area contributed by atoms with Crippen LogP contribution in [0.15, 0.2) is 0 Å². The van der Waals surface area contributed by atoms with Crippen molar-refractivity contribution in [3.63, 3.8) is 0 Å². The zero-order chi connectivity index (χ0) is 14.2. The zero-order valence-corrected chi connectivity index (χ0v) is 11.8. The Bertz CT molecular complexity index is 473. The van der Waals surface area contributed by atoms with Gasteiger partial charge in [0, 0.05) is 5.41 Å². The Balaban J connectivity index is 2.01. The fourth-order valence-electron chi connectivity index (χ4n) is 5.21. The van der Waals surface area contributed by atoms with E-state index in [0.717, 1.165) is 0 Å². The summed E-state index contributed by atoms with van der Waals surface area (Å²) >= 11 is 0. The molecule has 4 heteroatoms. The molecule has 4 nitrogen and oxygen atoms in total. The number of fused-ring (bicyclic) bond motifs is 4. The Labute approximate surface area is 113 Å². The molecular formula is C15H22O4. The lowest BCUT2D eigenvalue weighted by molar-refractivity contribution is -0.148. The van der Waals surface area contributed by atoms with Crippen molar-refractivity contribution >= 4 is 11.8 Å². The third kappa shape index (κ3) is 1.38. The van der Waals surface area contributed by atoms with E-state index in [4.69, 9.17) is 0 Å². The van der Waals surface area contributed by atoms with Gasteiger partial charge in [-0.2, -0.15) is 0 Å². The van der Waals surface area contributed by atoms with Gasteiger partial charge in [-0.05, 0) is 44.4 Å². The molecule has 2 bridgehead atoms. The van der Waals surface area contributed by atoms with Crippen LogP contribution in [-0.2, 0) is 9.59 Å². The Kier molecular flexibility index (Phi) is 2.35. The summed E-state index contributed by atoms with van der Waals surface area (Å²) in [5.74, 6) is -0.222. The summed E-state index contributed by atoms with van der Waals surface area (Å²) in [6.45, 7) is 5.60. The Morgan fingerprint density at radius 1 is 1.11 bits per heavy atom. The van der Waals surface area contributed by atoms with Gasteiger partial charge in [0.2, 0.25) is 0 Å². The molecule has 0 aromatic rings. The first-order valence-electron chi connectivity index (χ1n) is 7.10. The minimum atomic E-state index is -0.750. The molecule has 106 valence electrons. The number of carboxylic acid groups (broad SMARTS) is 1. The third-order valence-corrected chi connectivity index (χ3v) is 6.36. The molecule has 3 aliphatic rings. The number of ketones is 1. The number of rotatable bonds is 1. The normalized spacial score (nSPS) is 56.2. The van der Waals surface area contributed by atoms with Crippen LogP contribution in [0.25, 0.3) is 0 Å². The number of carbonyl (C=O) groups is 2. The van der Waals surface area contributed by atoms with Crippen molar-refractivity contribution in [1.82, 2.24) is 0 Å². The first kappa shape index (κ1) is 13.1. The van der Waals surface area contributed by atoms with E-state index in [1.807, 2.05) is 13.8 Å². The van der Waals surface area contributed by atoms with E-state index in [2.05, 4.69) is 0 Å². The Hall–Kier alpha value is -0.900. The highest BCUT2D eigenvalue weighted by atomic mass is 16.4. The average Bonchev–Trinajstić information content (AvgIpc) is 2.70. The van der Waals surface area contributed by atoms with E-state index < -0.39 is 28.3 Å². The topological polar surface area (TPSA) is 74.6 Å². The van der Waals surface area contributed by atoms with Crippen molar-refractivity contribution in [2.75, 3.05) is 0 Å². The predicted molar refractivity (Wildman–Crippen MR) is 68.4 cm³/mol. The molecule has 3 rings (SSSR count). The summed E-state index contributed by atoms with van der Waals surface area (Å²) in [4.78, 5) is 24.1. The number of carboxylic acids is 1. The number of aliphatic carboxylic acids is 1. The molecule has 6 unspecified atom stereocenters. The molecule has 0 aromatic heterocycles. The van der Waals surface area contributed by atoms with Gasteiger partial charge in [-0.1, -0.05) is 13.8 Å². The fourth-order valence-corrected chi connectivity index (χ4v) is 5.21. The van der Waals surface area contributed by atoms with Gasteiger partial charge in [-0.3, -0.25) is 9.59 Å². The van der Waals surface area contributed by atoms with Crippen molar-refractivity contribution in [3.05, 3.63) is 0 Å². The quantitative estimate of drug-likeness (QED) is 0.759. The number of aliphatic hydroxyl groups excluding tert-OH is 1. The van der Waals surface area contributed by atoms with Gasteiger partial charge in [-0.25, -0.2) is 0 Å². The molecule has 0 heterocycles. The molecule has 3 aliphatic carbocycles. The van der Waals surface area contributed by atoms with Crippen molar-refractivity contribution < 1.29 is 19.8 Å². The maximum absolute atomic E-state index is 12.7. The molecule has 0 amide bonds. The fraction of sp³-hybridized carbons (Fsp3) is 0.867. The minimum Gasteiger partial charge on any atom is -0.481 e. The lowest BCUT2D eigenvalue weighted by Crippen LogP contribution is -2.46. The van der Waals surface area contributed by atoms with Crippen molar-refractivity contribution in [2.24, 2.45) is 28.1 Å². The van der Waals surface area contributed by atoms with E-state index in [-0.39, 0.29) is 17.6 Å². The highest BCUT2D eigenvalue weighted by Crippen LogP contribution is 2.66. The standard InChI is InChI=1S/C15H22O4/c1-13(12(18)19)4-8-5-15(3)10(16)7-14(2,11(15)17)9(8)6-13/h8-10,16H,4-7H2,1-3H3,(H,18,19). The highest BCUT2D eigenvalue weighted by Gasteiger charge is 2.68. The number of hydrogen-bond acceptors (Lipinski definition) is 3. The molecule has 2 N–H and O–H groups in total. The molecule has 19 heavy (non-hydrogen) atoms. The Morgan fingerprint density at radius 3 is 2.32 bits per heavy atom. The lowest BCUT2D eigenvalue weighted by Gasteiger charge is -2.42. The monoisotopic (exact) mass is 266 g/mol. The van der Waals surface area contributed by atoms with Crippen LogP contribution in [0.4, 0.5) is 0 Å². The van der Waals surface area contributed by atoms with Crippen LogP contribution in [0.1, 0.15) is 46.5 Å². The second kappa shape index (κ2) is 3.40. The first-order chi connectivity index (χ1) is 8.63. The van der Waals surface area contributed by atoms with Gasteiger partial charge in [-0.15, -0.1) is 0 Å². The third-order valence-electron chi connectivity index (χ3n) is 6.36. The van der Waals surface area contributed by atoms with Crippen LogP contribution in [0.3, 0.4) is 0 Å². The van der Waals surface area contributed by atoms with E-state index in [9.17, 15) is 19.8 Å². The van der Waals surface area contributed by atoms with Gasteiger partial charge in [0.25, 0.3) is 0 Å². The minimum absolute atomic E-state index is 0.117. The number of hydrogen-bond donors (Lipinski definition) is 2. The van der Waals surface area contributed by atoms with E-state index in [1.54, 1.807) is 6.92 Å². The maximum atomic E-state index is 12.7. The summed E-state index contributed by atoms with van der Waals surface area (Å²) in [7, 11) is 0. The smallest absolute Gasteiger partial charge is 0.309 e. The molecule has 3 saturated carbocycles. The molecule has 0 saturated heterocycles. The molecular weight excluding hydrogens is 244 g/mol. The summed E-state index contributed by atoms with van der Waals surface area (Å²) in [5, 5.41) is 19.7. The largest absolute Gasteiger partial charge is 0.481 e. The summed E-state index contributed by atoms with van der Waals surface area (Å²) < 4.78 is 0. The molecule has 6 atom stereocenters. The van der Waals surface area contributed by atoms with Gasteiger partial charge >= 0.3 is 5.97 Å². The summed E-state index contributed by atoms with van der Waals surface area (Å²) in [6, 6.07) is 0. The van der Waals surface area contributed by atoms with E-state index in [0.29, 0.717) is 25.7 Å². The number of Topliss-reactive ketones (excluding diaryl/α,β-unsaturated/α-hetero) is 1. The SMILES string of the molecule is CC1(C(=O)O)CC2CC3(C)C(=O)C(C)(CC3O)C2C1. The lowest BCUT2D eigenvalue weighted by atomic mass is 9.60. The van der Waals surface area contributed by atoms with Gasteiger partial charge in [0.15, 0.2) is 0 Å². The second-order valence-corrected chi connectivity index (χ2v) is 7.73. The summed E-state index contributed by atoms with van der Waals surface area (Å²) in [5.41, 5.74) is -1.88. The summed E-state index contributed by atoms with van der Waals surface area (Å²) in [6.07, 6.45) is 1.79. The van der Waals surface area contributed by atoms with E-state index >= 15 is 0 Å². The van der Waals surface area contributed by atoms with Gasteiger partial charge < -0.3 is 10.2 Å². The molecule has 0 radical (unpaired) electrons. The highest BCUT2D eigenvalue weighted by molar-refractivity contribution is 5.94. The van der Waals surface area contributed by atoms with Crippen LogP contribution < -0.4 is 0 Å². The Morgan fingerprint density at radius 2 is 1.74 bits per heavy atom. The van der Waals surface area contributed by atoms with Gasteiger partial charge in [0.05, 0.1) is 16.9 Å². The van der Waals surface area contributed by atoms with Crippen molar-refractivity contribution in [1.29, 1.82) is 0 Å². The molecule has 0 aromatic carbocycles. The van der Waals surface area contributed by atoms with Crippen molar-refractivity contribution in [2.45, 2.75) is 52.6 Å². The van der Waals surface area contributed by atoms with Gasteiger partial charge in [0.1, 0.15) is 5.78 Å². The first-order valence-corrected chi connectivity index (χ1v) is 7.10. The predicted octanol–water partition coefficient (Wildman–Crippen LogP) is 1.85. The van der Waals surface area contributed by atoms with Crippen molar-refractivity contribution in [3.8, 4) is 0 Å². The number of aliphatic hydroxyl groups is 1. The molecule has 0 aliphatic heterocycles. The van der Waals surface area contributed by atoms with E-state index in [1.165, 1.54) is 0 Å². The second-order valence-electron chi connectivity index (χ2n) is 7.73. The van der Waals surface area contributed by atoms with Crippen LogP contribution in [0, 0.1) is 28.1 Å². The molecule has 0 spiro atoms. The average molecular weight is 266 g/mol. The van der Waals surface area contributed by atoms with Crippen LogP contribution >= 0.6 is 0 Å². The number of carbonyl (C=O) groups excluding carboxylic acids is 1. The van der Waals surface area contributed by atoms with Crippen LogP contribution in [0.5, 0.6) is 0 Å². The van der Waals surface area contributed by atoms with Crippen LogP contribution in [0.2, 0.25) is 0 Å². The van der Waals surface area contributed by atoms with Crippen LogP contribution in [-0.4, -0.2) is 28.1 Å². The maximum Gasteiger partial charge on any atom is 0.309 e.